The van der Waals surface area contributed by atoms with Crippen molar-refractivity contribution in [2.24, 2.45) is 11.8 Å². The molecule has 0 saturated heterocycles. The van der Waals surface area contributed by atoms with Gasteiger partial charge >= 0.3 is 0 Å². The third-order valence-corrected chi connectivity index (χ3v) is 2.40. The highest BCUT2D eigenvalue weighted by Crippen LogP contribution is 2.35. The first-order chi connectivity index (χ1) is 4.79. The highest BCUT2D eigenvalue weighted by molar-refractivity contribution is 4.87. The van der Waals surface area contributed by atoms with Crippen LogP contribution in [0.15, 0.2) is 0 Å². The lowest BCUT2D eigenvalue weighted by Crippen LogP contribution is -2.43. The van der Waals surface area contributed by atoms with Gasteiger partial charge in [0, 0.05) is 19.1 Å². The van der Waals surface area contributed by atoms with E-state index in [1.807, 2.05) is 6.92 Å². The summed E-state index contributed by atoms with van der Waals surface area (Å²) in [5.74, 6) is 1.06. The Kier molecular flexibility index (Phi) is 2.69. The van der Waals surface area contributed by atoms with E-state index in [0.717, 1.165) is 13.0 Å². The molecule has 1 aliphatic carbocycles. The van der Waals surface area contributed by atoms with Crippen molar-refractivity contribution in [1.82, 2.24) is 0 Å². The maximum atomic E-state index is 8.87. The molecule has 1 rings (SSSR count). The Hall–Kier alpha value is -0.0800. The van der Waals surface area contributed by atoms with Crippen LogP contribution in [0.4, 0.5) is 0 Å². The molecule has 10 heavy (non-hydrogen) atoms. The minimum atomic E-state index is 0.284. The molecule has 0 heterocycles. The van der Waals surface area contributed by atoms with E-state index in [0.29, 0.717) is 17.9 Å². The van der Waals surface area contributed by atoms with Crippen molar-refractivity contribution in [3.63, 3.8) is 0 Å². The summed E-state index contributed by atoms with van der Waals surface area (Å²) in [6.07, 6.45) is 1.46. The average molecular weight is 144 g/mol. The second-order valence-electron chi connectivity index (χ2n) is 3.05. The second kappa shape index (κ2) is 3.35. The van der Waals surface area contributed by atoms with Gasteiger partial charge in [0.05, 0.1) is 6.10 Å². The summed E-state index contributed by atoms with van der Waals surface area (Å²) in [6, 6.07) is 0. The fourth-order valence-corrected chi connectivity index (χ4v) is 1.59. The van der Waals surface area contributed by atoms with Crippen molar-refractivity contribution in [1.29, 1.82) is 0 Å². The monoisotopic (exact) mass is 144 g/mol. The van der Waals surface area contributed by atoms with E-state index in [2.05, 4.69) is 6.92 Å². The van der Waals surface area contributed by atoms with Crippen LogP contribution in [0.2, 0.25) is 0 Å². The number of hydrogen-bond acceptors (Lipinski definition) is 2. The van der Waals surface area contributed by atoms with Gasteiger partial charge in [-0.3, -0.25) is 0 Å². The number of hydrogen-bond donors (Lipinski definition) is 1. The van der Waals surface area contributed by atoms with Crippen LogP contribution in [-0.2, 0) is 4.74 Å². The summed E-state index contributed by atoms with van der Waals surface area (Å²) in [7, 11) is 0. The molecule has 0 radical (unpaired) electrons. The topological polar surface area (TPSA) is 29.5 Å². The number of rotatable bonds is 3. The van der Waals surface area contributed by atoms with Crippen LogP contribution < -0.4 is 0 Å². The second-order valence-corrected chi connectivity index (χ2v) is 3.05. The van der Waals surface area contributed by atoms with E-state index in [4.69, 9.17) is 9.84 Å². The van der Waals surface area contributed by atoms with Gasteiger partial charge in [0.15, 0.2) is 0 Å². The smallest absolute Gasteiger partial charge is 0.0630 e. The van der Waals surface area contributed by atoms with E-state index in [1.54, 1.807) is 0 Å². The quantitative estimate of drug-likeness (QED) is 0.641. The fourth-order valence-electron chi connectivity index (χ4n) is 1.59. The third kappa shape index (κ3) is 1.32. The van der Waals surface area contributed by atoms with Gasteiger partial charge in [-0.2, -0.15) is 0 Å². The third-order valence-electron chi connectivity index (χ3n) is 2.40. The SMILES string of the molecule is CCO[C@@H]1C[C@H](C)[C@H]1CO. The zero-order valence-corrected chi connectivity index (χ0v) is 6.71. The first kappa shape index (κ1) is 8.02. The Morgan fingerprint density at radius 2 is 2.30 bits per heavy atom. The normalized spacial score (nSPS) is 39.3. The Balaban J connectivity index is 2.23. The molecule has 2 heteroatoms. The lowest BCUT2D eigenvalue weighted by molar-refractivity contribution is -0.0943. The molecule has 1 N–H and O–H groups in total. The maximum Gasteiger partial charge on any atom is 0.0630 e. The molecule has 0 aromatic carbocycles. The van der Waals surface area contributed by atoms with Gasteiger partial charge in [-0.25, -0.2) is 0 Å². The number of ether oxygens (including phenoxy) is 1. The van der Waals surface area contributed by atoms with Crippen molar-refractivity contribution < 1.29 is 9.84 Å². The Morgan fingerprint density at radius 3 is 2.70 bits per heavy atom. The molecular formula is C8H16O2. The number of aliphatic hydroxyl groups excluding tert-OH is 1. The van der Waals surface area contributed by atoms with Crippen LogP contribution in [0.3, 0.4) is 0 Å². The standard InChI is InChI=1S/C8H16O2/c1-3-10-8-4-6(2)7(8)5-9/h6-9H,3-5H2,1-2H3/t6-,7+,8+/m0/s1. The molecule has 3 atom stereocenters. The van der Waals surface area contributed by atoms with Gasteiger partial charge in [-0.15, -0.1) is 0 Å². The largest absolute Gasteiger partial charge is 0.396 e. The summed E-state index contributed by atoms with van der Waals surface area (Å²) in [5, 5.41) is 8.87. The van der Waals surface area contributed by atoms with E-state index in [9.17, 15) is 0 Å². The van der Waals surface area contributed by atoms with Gasteiger partial charge < -0.3 is 9.84 Å². The molecule has 0 aliphatic heterocycles. The minimum Gasteiger partial charge on any atom is -0.396 e. The molecular weight excluding hydrogens is 128 g/mol. The molecule has 60 valence electrons. The summed E-state index contributed by atoms with van der Waals surface area (Å²) in [6.45, 7) is 5.22. The highest BCUT2D eigenvalue weighted by Gasteiger charge is 2.37. The predicted molar refractivity (Wildman–Crippen MR) is 39.8 cm³/mol. The van der Waals surface area contributed by atoms with Crippen LogP contribution in [0.1, 0.15) is 20.3 Å². The Bertz CT molecular complexity index is 101. The van der Waals surface area contributed by atoms with Gasteiger partial charge in [0.1, 0.15) is 0 Å². The Labute approximate surface area is 62.2 Å². The zero-order valence-electron chi connectivity index (χ0n) is 6.71. The molecule has 0 bridgehead atoms. The molecule has 1 saturated carbocycles. The zero-order chi connectivity index (χ0) is 7.56. The van der Waals surface area contributed by atoms with Crippen LogP contribution in [0.25, 0.3) is 0 Å². The van der Waals surface area contributed by atoms with Crippen LogP contribution >= 0.6 is 0 Å². The lowest BCUT2D eigenvalue weighted by Gasteiger charge is -2.41. The first-order valence-electron chi connectivity index (χ1n) is 4.02. The molecule has 0 spiro atoms. The molecule has 0 aromatic heterocycles. The number of aliphatic hydroxyl groups is 1. The molecule has 0 unspecified atom stereocenters. The summed E-state index contributed by atoms with van der Waals surface area (Å²) >= 11 is 0. The van der Waals surface area contributed by atoms with Gasteiger partial charge in [-0.1, -0.05) is 6.92 Å². The summed E-state index contributed by atoms with van der Waals surface area (Å²) in [5.41, 5.74) is 0. The highest BCUT2D eigenvalue weighted by atomic mass is 16.5. The van der Waals surface area contributed by atoms with E-state index in [-0.39, 0.29) is 6.61 Å². The maximum absolute atomic E-state index is 8.87. The van der Waals surface area contributed by atoms with Crippen molar-refractivity contribution >= 4 is 0 Å². The molecule has 1 fully saturated rings. The van der Waals surface area contributed by atoms with Gasteiger partial charge in [0.25, 0.3) is 0 Å². The van der Waals surface area contributed by atoms with Crippen LogP contribution in [0.5, 0.6) is 0 Å². The van der Waals surface area contributed by atoms with Crippen molar-refractivity contribution in [3.8, 4) is 0 Å². The van der Waals surface area contributed by atoms with E-state index in [1.165, 1.54) is 0 Å². The fraction of sp³-hybridized carbons (Fsp3) is 1.00. The average Bonchev–Trinajstić information content (AvgIpc) is 1.88. The van der Waals surface area contributed by atoms with Crippen molar-refractivity contribution in [3.05, 3.63) is 0 Å². The van der Waals surface area contributed by atoms with Crippen molar-refractivity contribution in [2.45, 2.75) is 26.4 Å². The Morgan fingerprint density at radius 1 is 1.60 bits per heavy atom. The van der Waals surface area contributed by atoms with Crippen molar-refractivity contribution in [2.75, 3.05) is 13.2 Å². The van der Waals surface area contributed by atoms with Crippen LogP contribution in [-0.4, -0.2) is 24.4 Å². The van der Waals surface area contributed by atoms with E-state index >= 15 is 0 Å². The van der Waals surface area contributed by atoms with E-state index < -0.39 is 0 Å². The minimum absolute atomic E-state index is 0.284. The van der Waals surface area contributed by atoms with Crippen LogP contribution in [0, 0.1) is 11.8 Å². The predicted octanol–water partition coefficient (Wildman–Crippen LogP) is 1.04. The summed E-state index contributed by atoms with van der Waals surface area (Å²) < 4.78 is 5.39. The molecule has 0 amide bonds. The lowest BCUT2D eigenvalue weighted by atomic mass is 9.72. The molecule has 0 aromatic rings. The molecule has 2 nitrogen and oxygen atoms in total. The first-order valence-corrected chi connectivity index (χ1v) is 4.02. The molecule has 1 aliphatic rings. The van der Waals surface area contributed by atoms with Gasteiger partial charge in [-0.05, 0) is 19.3 Å². The summed E-state index contributed by atoms with van der Waals surface area (Å²) in [4.78, 5) is 0. The van der Waals surface area contributed by atoms with Gasteiger partial charge in [0.2, 0.25) is 0 Å².